The molecule has 0 bridgehead atoms. The lowest BCUT2D eigenvalue weighted by atomic mass is 10.3. The molecular formula is C15H15N5O2S. The second-order valence-electron chi connectivity index (χ2n) is 4.54. The zero-order valence-corrected chi connectivity index (χ0v) is 13.5. The van der Waals surface area contributed by atoms with Gasteiger partial charge in [0.25, 0.3) is 0 Å². The molecule has 0 spiro atoms. The average Bonchev–Trinajstić information content (AvgIpc) is 3.09. The number of ether oxygens (including phenoxy) is 2. The minimum Gasteiger partial charge on any atom is -0.481 e. The van der Waals surface area contributed by atoms with Crippen LogP contribution >= 0.6 is 11.8 Å². The minimum atomic E-state index is 0.570. The third-order valence-corrected chi connectivity index (χ3v) is 4.11. The first-order chi connectivity index (χ1) is 11.3. The molecule has 0 aliphatic heterocycles. The molecule has 7 nitrogen and oxygen atoms in total. The number of pyridine rings is 2. The average molecular weight is 329 g/mol. The maximum atomic E-state index is 5.07. The summed E-state index contributed by atoms with van der Waals surface area (Å²) < 4.78 is 12.0. The van der Waals surface area contributed by atoms with Crippen molar-refractivity contribution in [2.45, 2.75) is 10.9 Å². The summed E-state index contributed by atoms with van der Waals surface area (Å²) in [5, 5.41) is 8.92. The van der Waals surface area contributed by atoms with Crippen molar-refractivity contribution in [1.29, 1.82) is 0 Å². The van der Waals surface area contributed by atoms with Crippen LogP contribution in [0, 0.1) is 0 Å². The maximum absolute atomic E-state index is 5.07. The Kier molecular flexibility index (Phi) is 4.72. The van der Waals surface area contributed by atoms with E-state index in [2.05, 4.69) is 20.2 Å². The molecule has 3 aromatic rings. The second-order valence-corrected chi connectivity index (χ2v) is 5.48. The van der Waals surface area contributed by atoms with Crippen molar-refractivity contribution in [2.24, 2.45) is 0 Å². The second kappa shape index (κ2) is 7.10. The zero-order chi connectivity index (χ0) is 16.1. The van der Waals surface area contributed by atoms with Gasteiger partial charge in [0, 0.05) is 24.1 Å². The summed E-state index contributed by atoms with van der Waals surface area (Å²) in [5.74, 6) is 1.91. The van der Waals surface area contributed by atoms with Crippen LogP contribution < -0.4 is 9.47 Å². The van der Waals surface area contributed by atoms with Crippen molar-refractivity contribution >= 4 is 11.8 Å². The molecule has 0 fully saturated rings. The van der Waals surface area contributed by atoms with Crippen molar-refractivity contribution in [3.63, 3.8) is 0 Å². The molecule has 0 aromatic carbocycles. The van der Waals surface area contributed by atoms with Crippen LogP contribution in [-0.4, -0.2) is 39.0 Å². The molecule has 0 aliphatic rings. The van der Waals surface area contributed by atoms with E-state index in [0.29, 0.717) is 11.8 Å². The molecule has 0 N–H and O–H groups in total. The Morgan fingerprint density at radius 2 is 1.74 bits per heavy atom. The molecule has 0 atom stereocenters. The van der Waals surface area contributed by atoms with E-state index in [9.17, 15) is 0 Å². The van der Waals surface area contributed by atoms with Crippen molar-refractivity contribution < 1.29 is 9.47 Å². The number of aromatic nitrogens is 5. The van der Waals surface area contributed by atoms with Gasteiger partial charge in [0.2, 0.25) is 11.8 Å². The van der Waals surface area contributed by atoms with E-state index < -0.39 is 0 Å². The molecule has 0 saturated carbocycles. The Morgan fingerprint density at radius 3 is 2.35 bits per heavy atom. The van der Waals surface area contributed by atoms with Gasteiger partial charge in [0.05, 0.1) is 26.1 Å². The molecule has 0 amide bonds. The van der Waals surface area contributed by atoms with E-state index in [4.69, 9.17) is 9.47 Å². The lowest BCUT2D eigenvalue weighted by molar-refractivity contribution is 0.397. The first-order valence-electron chi connectivity index (χ1n) is 6.82. The topological polar surface area (TPSA) is 75.0 Å². The SMILES string of the molecule is COc1ccc(CSc2nncn2-c2ccc(OC)nc2)cn1. The Hall–Kier alpha value is -2.61. The molecule has 0 aliphatic carbocycles. The summed E-state index contributed by atoms with van der Waals surface area (Å²) >= 11 is 1.57. The number of hydrogen-bond acceptors (Lipinski definition) is 7. The van der Waals surface area contributed by atoms with Gasteiger partial charge >= 0.3 is 0 Å². The van der Waals surface area contributed by atoms with Gasteiger partial charge < -0.3 is 9.47 Å². The molecule has 8 heteroatoms. The number of hydrogen-bond donors (Lipinski definition) is 0. The predicted octanol–water partition coefficient (Wildman–Crippen LogP) is 2.37. The van der Waals surface area contributed by atoms with Gasteiger partial charge in [-0.25, -0.2) is 9.97 Å². The molecule has 3 heterocycles. The third-order valence-electron chi connectivity index (χ3n) is 3.10. The lowest BCUT2D eigenvalue weighted by Crippen LogP contribution is -1.97. The number of rotatable bonds is 6. The molecule has 3 aromatic heterocycles. The van der Waals surface area contributed by atoms with Crippen LogP contribution in [0.5, 0.6) is 11.8 Å². The number of thioether (sulfide) groups is 1. The molecule has 118 valence electrons. The monoisotopic (exact) mass is 329 g/mol. The van der Waals surface area contributed by atoms with Gasteiger partial charge in [0.1, 0.15) is 6.33 Å². The lowest BCUT2D eigenvalue weighted by Gasteiger charge is -2.07. The van der Waals surface area contributed by atoms with Gasteiger partial charge in [0.15, 0.2) is 5.16 Å². The molecule has 23 heavy (non-hydrogen) atoms. The third kappa shape index (κ3) is 3.59. The van der Waals surface area contributed by atoms with Gasteiger partial charge in [-0.3, -0.25) is 4.57 Å². The van der Waals surface area contributed by atoms with E-state index in [1.165, 1.54) is 0 Å². The van der Waals surface area contributed by atoms with E-state index in [-0.39, 0.29) is 0 Å². The van der Waals surface area contributed by atoms with Gasteiger partial charge in [-0.15, -0.1) is 10.2 Å². The maximum Gasteiger partial charge on any atom is 0.213 e. The summed E-state index contributed by atoms with van der Waals surface area (Å²) in [4.78, 5) is 8.39. The van der Waals surface area contributed by atoms with E-state index >= 15 is 0 Å². The predicted molar refractivity (Wildman–Crippen MR) is 86.1 cm³/mol. The van der Waals surface area contributed by atoms with E-state index in [0.717, 1.165) is 22.2 Å². The van der Waals surface area contributed by atoms with E-state index in [1.54, 1.807) is 50.8 Å². The van der Waals surface area contributed by atoms with Crippen LogP contribution in [0.4, 0.5) is 0 Å². The Bertz CT molecular complexity index is 758. The fraction of sp³-hybridized carbons (Fsp3) is 0.200. The number of methoxy groups -OCH3 is 2. The van der Waals surface area contributed by atoms with Gasteiger partial charge in [-0.1, -0.05) is 17.8 Å². The first kappa shape index (κ1) is 15.3. The quantitative estimate of drug-likeness (QED) is 0.643. The first-order valence-corrected chi connectivity index (χ1v) is 7.81. The fourth-order valence-corrected chi connectivity index (χ4v) is 2.76. The highest BCUT2D eigenvalue weighted by molar-refractivity contribution is 7.98. The normalized spacial score (nSPS) is 10.5. The molecular weight excluding hydrogens is 314 g/mol. The van der Waals surface area contributed by atoms with Crippen LogP contribution in [-0.2, 0) is 5.75 Å². The Labute approximate surface area is 137 Å². The standard InChI is InChI=1S/C15H15N5O2S/c1-21-13-5-3-11(7-16-13)9-23-15-19-18-10-20(15)12-4-6-14(22-2)17-8-12/h3-8,10H,9H2,1-2H3. The molecule has 0 unspecified atom stereocenters. The summed E-state index contributed by atoms with van der Waals surface area (Å²) in [5.41, 5.74) is 1.96. The van der Waals surface area contributed by atoms with Crippen molar-refractivity contribution in [1.82, 2.24) is 24.7 Å². The van der Waals surface area contributed by atoms with Gasteiger partial charge in [-0.05, 0) is 11.6 Å². The summed E-state index contributed by atoms with van der Waals surface area (Å²) in [6, 6.07) is 7.54. The van der Waals surface area contributed by atoms with Crippen LogP contribution in [0.25, 0.3) is 5.69 Å². The highest BCUT2D eigenvalue weighted by Gasteiger charge is 2.08. The van der Waals surface area contributed by atoms with Crippen LogP contribution in [0.2, 0.25) is 0 Å². The highest BCUT2D eigenvalue weighted by atomic mass is 32.2. The molecule has 0 saturated heterocycles. The Morgan fingerprint density at radius 1 is 1.00 bits per heavy atom. The van der Waals surface area contributed by atoms with E-state index in [1.807, 2.05) is 22.8 Å². The molecule has 3 rings (SSSR count). The summed E-state index contributed by atoms with van der Waals surface area (Å²) in [7, 11) is 3.19. The molecule has 0 radical (unpaired) electrons. The van der Waals surface area contributed by atoms with Crippen LogP contribution in [0.15, 0.2) is 48.1 Å². The Balaban J connectivity index is 1.72. The largest absolute Gasteiger partial charge is 0.481 e. The van der Waals surface area contributed by atoms with Crippen molar-refractivity contribution in [2.75, 3.05) is 14.2 Å². The van der Waals surface area contributed by atoms with Crippen LogP contribution in [0.3, 0.4) is 0 Å². The summed E-state index contributed by atoms with van der Waals surface area (Å²) in [6.07, 6.45) is 5.18. The van der Waals surface area contributed by atoms with Crippen molar-refractivity contribution in [3.05, 3.63) is 48.5 Å². The smallest absolute Gasteiger partial charge is 0.213 e. The number of nitrogens with zero attached hydrogens (tertiary/aromatic N) is 5. The fourth-order valence-electron chi connectivity index (χ4n) is 1.90. The zero-order valence-electron chi connectivity index (χ0n) is 12.7. The van der Waals surface area contributed by atoms with Crippen LogP contribution in [0.1, 0.15) is 5.56 Å². The van der Waals surface area contributed by atoms with Crippen molar-refractivity contribution in [3.8, 4) is 17.4 Å². The van der Waals surface area contributed by atoms with Gasteiger partial charge in [-0.2, -0.15) is 0 Å². The summed E-state index contributed by atoms with van der Waals surface area (Å²) in [6.45, 7) is 0. The minimum absolute atomic E-state index is 0.570. The highest BCUT2D eigenvalue weighted by Crippen LogP contribution is 2.24.